The Kier molecular flexibility index (Phi) is 4.61. The highest BCUT2D eigenvalue weighted by molar-refractivity contribution is 5.94. The molecule has 1 N–H and O–H groups in total. The van der Waals surface area contributed by atoms with Crippen molar-refractivity contribution in [2.75, 3.05) is 25.1 Å². The molecule has 0 radical (unpaired) electrons. The topological polar surface area (TPSA) is 67.1 Å². The van der Waals surface area contributed by atoms with E-state index in [2.05, 4.69) is 15.4 Å². The number of hydrogen-bond acceptors (Lipinski definition) is 5. The maximum absolute atomic E-state index is 11.9. The van der Waals surface area contributed by atoms with Gasteiger partial charge in [-0.15, -0.1) is 0 Å². The molecule has 1 aliphatic heterocycles. The number of carbonyl (C=O) groups is 1. The van der Waals surface area contributed by atoms with Gasteiger partial charge in [-0.3, -0.25) is 4.79 Å². The van der Waals surface area contributed by atoms with Crippen LogP contribution in [0.2, 0.25) is 0 Å². The molecule has 2 aromatic rings. The Morgan fingerprint density at radius 2 is 1.96 bits per heavy atom. The van der Waals surface area contributed by atoms with E-state index in [1.807, 2.05) is 12.1 Å². The number of nitrogens with one attached hydrogen (secondary N) is 1. The molecule has 1 aromatic heterocycles. The molecular formula is C17H19N3O3. The van der Waals surface area contributed by atoms with Gasteiger partial charge in [-0.2, -0.15) is 5.10 Å². The lowest BCUT2D eigenvalue weighted by molar-refractivity contribution is 0.0955. The summed E-state index contributed by atoms with van der Waals surface area (Å²) in [5.74, 6) is 1.89. The molecule has 1 saturated heterocycles. The van der Waals surface area contributed by atoms with E-state index in [9.17, 15) is 4.79 Å². The van der Waals surface area contributed by atoms with Gasteiger partial charge < -0.3 is 14.1 Å². The third-order valence-corrected chi connectivity index (χ3v) is 3.74. The summed E-state index contributed by atoms with van der Waals surface area (Å²) in [5.41, 5.74) is 2.99. The summed E-state index contributed by atoms with van der Waals surface area (Å²) >= 11 is 0. The number of ether oxygens (including phenoxy) is 1. The average Bonchev–Trinajstić information content (AvgIpc) is 3.26. The molecule has 3 rings (SSSR count). The van der Waals surface area contributed by atoms with Crippen molar-refractivity contribution in [3.63, 3.8) is 0 Å². The molecule has 2 heterocycles. The number of rotatable bonds is 5. The van der Waals surface area contributed by atoms with Crippen molar-refractivity contribution >= 4 is 18.0 Å². The Bertz CT molecular complexity index is 685. The zero-order valence-electron chi connectivity index (χ0n) is 13.0. The lowest BCUT2D eigenvalue weighted by Gasteiger charge is -2.12. The van der Waals surface area contributed by atoms with E-state index in [0.29, 0.717) is 17.1 Å². The van der Waals surface area contributed by atoms with Crippen LogP contribution in [0.1, 0.15) is 29.0 Å². The fraction of sp³-hybridized carbons (Fsp3) is 0.294. The molecule has 0 bridgehead atoms. The normalized spacial score (nSPS) is 14.4. The maximum Gasteiger partial charge on any atom is 0.271 e. The van der Waals surface area contributed by atoms with Crippen molar-refractivity contribution in [1.29, 1.82) is 0 Å². The van der Waals surface area contributed by atoms with Gasteiger partial charge in [0.2, 0.25) is 0 Å². The zero-order valence-corrected chi connectivity index (χ0v) is 13.0. The first kappa shape index (κ1) is 15.1. The van der Waals surface area contributed by atoms with Gasteiger partial charge in [-0.1, -0.05) is 0 Å². The second-order valence-electron chi connectivity index (χ2n) is 5.30. The Hall–Kier alpha value is -2.76. The maximum atomic E-state index is 11.9. The quantitative estimate of drug-likeness (QED) is 0.681. The Morgan fingerprint density at radius 3 is 2.65 bits per heavy atom. The highest BCUT2D eigenvalue weighted by atomic mass is 16.5. The molecule has 23 heavy (non-hydrogen) atoms. The monoisotopic (exact) mass is 313 g/mol. The van der Waals surface area contributed by atoms with Crippen LogP contribution >= 0.6 is 0 Å². The van der Waals surface area contributed by atoms with Gasteiger partial charge >= 0.3 is 0 Å². The van der Waals surface area contributed by atoms with Crippen LogP contribution in [0.25, 0.3) is 0 Å². The Balaban J connectivity index is 1.56. The van der Waals surface area contributed by atoms with E-state index in [0.717, 1.165) is 19.0 Å². The smallest absolute Gasteiger partial charge is 0.271 e. The first-order valence-electron chi connectivity index (χ1n) is 7.58. The van der Waals surface area contributed by atoms with Crippen molar-refractivity contribution in [2.24, 2.45) is 5.10 Å². The standard InChI is InChI=1S/C17H19N3O3/c1-22-14-6-4-13(5-7-14)17(21)19-18-12-15-8-9-16(23-15)20-10-2-3-11-20/h4-9,12H,2-3,10-11H2,1H3,(H,19,21)/b18-12-. The van der Waals surface area contributed by atoms with Gasteiger partial charge in [0.25, 0.3) is 5.91 Å². The number of anilines is 1. The summed E-state index contributed by atoms with van der Waals surface area (Å²) in [6, 6.07) is 10.6. The van der Waals surface area contributed by atoms with Crippen LogP contribution in [-0.4, -0.2) is 32.3 Å². The molecule has 6 nitrogen and oxygen atoms in total. The van der Waals surface area contributed by atoms with Crippen molar-refractivity contribution in [3.8, 4) is 5.75 Å². The van der Waals surface area contributed by atoms with E-state index in [1.54, 1.807) is 31.4 Å². The number of furan rings is 1. The third kappa shape index (κ3) is 3.71. The van der Waals surface area contributed by atoms with Crippen molar-refractivity contribution in [1.82, 2.24) is 5.43 Å². The SMILES string of the molecule is COc1ccc(C(=O)N/N=C\c2ccc(N3CCCC3)o2)cc1. The Labute approximate surface area is 134 Å². The Morgan fingerprint density at radius 1 is 1.22 bits per heavy atom. The van der Waals surface area contributed by atoms with E-state index in [4.69, 9.17) is 9.15 Å². The minimum atomic E-state index is -0.282. The second-order valence-corrected chi connectivity index (χ2v) is 5.30. The molecule has 1 fully saturated rings. The van der Waals surface area contributed by atoms with Crippen LogP contribution in [0.3, 0.4) is 0 Å². The first-order chi connectivity index (χ1) is 11.3. The van der Waals surface area contributed by atoms with Gasteiger partial charge in [0.05, 0.1) is 13.3 Å². The predicted octanol–water partition coefficient (Wildman–Crippen LogP) is 2.65. The predicted molar refractivity (Wildman–Crippen MR) is 88.2 cm³/mol. The molecule has 1 amide bonds. The number of nitrogens with zero attached hydrogens (tertiary/aromatic N) is 2. The number of carbonyl (C=O) groups excluding carboxylic acids is 1. The summed E-state index contributed by atoms with van der Waals surface area (Å²) in [6.45, 7) is 2.05. The summed E-state index contributed by atoms with van der Waals surface area (Å²) in [4.78, 5) is 14.1. The van der Waals surface area contributed by atoms with Crippen LogP contribution in [0.4, 0.5) is 5.88 Å². The number of hydrogen-bond donors (Lipinski definition) is 1. The largest absolute Gasteiger partial charge is 0.497 e. The molecule has 0 spiro atoms. The molecule has 0 aliphatic carbocycles. The van der Waals surface area contributed by atoms with Gasteiger partial charge in [-0.05, 0) is 43.2 Å². The summed E-state index contributed by atoms with van der Waals surface area (Å²) < 4.78 is 10.7. The molecule has 6 heteroatoms. The minimum absolute atomic E-state index is 0.282. The number of benzene rings is 1. The third-order valence-electron chi connectivity index (χ3n) is 3.74. The summed E-state index contributed by atoms with van der Waals surface area (Å²) in [5, 5.41) is 3.93. The van der Waals surface area contributed by atoms with E-state index in [1.165, 1.54) is 19.1 Å². The van der Waals surface area contributed by atoms with Crippen LogP contribution in [0, 0.1) is 0 Å². The summed E-state index contributed by atoms with van der Waals surface area (Å²) in [6.07, 6.45) is 3.89. The number of hydrazone groups is 1. The molecule has 1 aromatic carbocycles. The van der Waals surface area contributed by atoms with Gasteiger partial charge in [0, 0.05) is 24.7 Å². The van der Waals surface area contributed by atoms with Gasteiger partial charge in [0.15, 0.2) is 5.88 Å². The number of methoxy groups -OCH3 is 1. The minimum Gasteiger partial charge on any atom is -0.497 e. The highest BCUT2D eigenvalue weighted by Gasteiger charge is 2.15. The van der Waals surface area contributed by atoms with Crippen LogP contribution in [-0.2, 0) is 0 Å². The summed E-state index contributed by atoms with van der Waals surface area (Å²) in [7, 11) is 1.58. The van der Waals surface area contributed by atoms with Gasteiger partial charge in [-0.25, -0.2) is 5.43 Å². The molecule has 1 aliphatic rings. The van der Waals surface area contributed by atoms with Crippen LogP contribution in [0.15, 0.2) is 45.9 Å². The molecule has 0 atom stereocenters. The molecular weight excluding hydrogens is 294 g/mol. The molecule has 0 unspecified atom stereocenters. The second kappa shape index (κ2) is 7.00. The van der Waals surface area contributed by atoms with Crippen LogP contribution in [0.5, 0.6) is 5.75 Å². The van der Waals surface area contributed by atoms with E-state index >= 15 is 0 Å². The van der Waals surface area contributed by atoms with E-state index in [-0.39, 0.29) is 5.91 Å². The van der Waals surface area contributed by atoms with Crippen molar-refractivity contribution in [2.45, 2.75) is 12.8 Å². The average molecular weight is 313 g/mol. The molecule has 120 valence electrons. The van der Waals surface area contributed by atoms with Crippen molar-refractivity contribution in [3.05, 3.63) is 47.7 Å². The zero-order chi connectivity index (χ0) is 16.1. The fourth-order valence-electron chi connectivity index (χ4n) is 2.48. The first-order valence-corrected chi connectivity index (χ1v) is 7.58. The highest BCUT2D eigenvalue weighted by Crippen LogP contribution is 2.21. The van der Waals surface area contributed by atoms with Gasteiger partial charge in [0.1, 0.15) is 11.5 Å². The lowest BCUT2D eigenvalue weighted by Crippen LogP contribution is -2.17. The van der Waals surface area contributed by atoms with Crippen LogP contribution < -0.4 is 15.1 Å². The lowest BCUT2D eigenvalue weighted by atomic mass is 10.2. The molecule has 0 saturated carbocycles. The van der Waals surface area contributed by atoms with E-state index < -0.39 is 0 Å². The van der Waals surface area contributed by atoms with Crippen molar-refractivity contribution < 1.29 is 13.9 Å². The number of amides is 1. The fourth-order valence-corrected chi connectivity index (χ4v) is 2.48.